The Kier molecular flexibility index (Phi) is 3.24. The Balaban J connectivity index is 1.89. The molecule has 0 atom stereocenters. The normalized spacial score (nSPS) is 10.7. The molecular weight excluding hydrogens is 268 g/mol. The lowest BCUT2D eigenvalue weighted by Gasteiger charge is -2.08. The number of amides is 1. The maximum atomic E-state index is 12.3. The van der Waals surface area contributed by atoms with Gasteiger partial charge in [-0.3, -0.25) is 4.79 Å². The maximum absolute atomic E-state index is 12.3. The fourth-order valence-corrected chi connectivity index (χ4v) is 2.83. The molecule has 3 rings (SSSR count). The molecule has 0 aliphatic carbocycles. The van der Waals surface area contributed by atoms with E-state index in [0.29, 0.717) is 0 Å². The van der Waals surface area contributed by atoms with Crippen LogP contribution in [0.1, 0.15) is 21.5 Å². The zero-order valence-corrected chi connectivity index (χ0v) is 12.1. The molecule has 0 radical (unpaired) electrons. The van der Waals surface area contributed by atoms with Crippen molar-refractivity contribution in [3.05, 3.63) is 58.6 Å². The van der Waals surface area contributed by atoms with Gasteiger partial charge >= 0.3 is 0 Å². The van der Waals surface area contributed by atoms with E-state index in [9.17, 15) is 4.79 Å². The van der Waals surface area contributed by atoms with Gasteiger partial charge in [-0.15, -0.1) is 11.3 Å². The third-order valence-electron chi connectivity index (χ3n) is 3.23. The Hall–Kier alpha value is -2.20. The number of aryl methyl sites for hydroxylation is 2. The summed E-state index contributed by atoms with van der Waals surface area (Å²) < 4.78 is 1.07. The van der Waals surface area contributed by atoms with E-state index in [0.717, 1.165) is 32.6 Å². The highest BCUT2D eigenvalue weighted by atomic mass is 32.1. The second-order valence-electron chi connectivity index (χ2n) is 4.81. The van der Waals surface area contributed by atoms with Crippen LogP contribution < -0.4 is 5.32 Å². The Morgan fingerprint density at radius 3 is 2.85 bits per heavy atom. The number of anilines is 1. The SMILES string of the molecule is Cc1ccc(C)c(C(=O)Nc2ccc3ncsc3c2)c1. The number of carbonyl (C=O) groups is 1. The van der Waals surface area contributed by atoms with Crippen LogP contribution in [-0.4, -0.2) is 10.9 Å². The topological polar surface area (TPSA) is 42.0 Å². The predicted molar refractivity (Wildman–Crippen MR) is 83.5 cm³/mol. The molecule has 0 spiro atoms. The highest BCUT2D eigenvalue weighted by molar-refractivity contribution is 7.16. The zero-order chi connectivity index (χ0) is 14.1. The summed E-state index contributed by atoms with van der Waals surface area (Å²) in [6, 6.07) is 11.6. The number of benzene rings is 2. The first-order chi connectivity index (χ1) is 9.63. The maximum Gasteiger partial charge on any atom is 0.255 e. The summed E-state index contributed by atoms with van der Waals surface area (Å²) in [6.07, 6.45) is 0. The van der Waals surface area contributed by atoms with Crippen LogP contribution in [0, 0.1) is 13.8 Å². The first-order valence-corrected chi connectivity index (χ1v) is 7.23. The lowest BCUT2D eigenvalue weighted by Crippen LogP contribution is -2.13. The van der Waals surface area contributed by atoms with E-state index in [1.54, 1.807) is 16.8 Å². The largest absolute Gasteiger partial charge is 0.322 e. The van der Waals surface area contributed by atoms with Gasteiger partial charge in [0.2, 0.25) is 0 Å². The molecule has 0 saturated carbocycles. The molecule has 1 aromatic heterocycles. The minimum Gasteiger partial charge on any atom is -0.322 e. The van der Waals surface area contributed by atoms with Crippen LogP contribution >= 0.6 is 11.3 Å². The summed E-state index contributed by atoms with van der Waals surface area (Å²) in [4.78, 5) is 16.6. The lowest BCUT2D eigenvalue weighted by atomic mass is 10.1. The van der Waals surface area contributed by atoms with E-state index in [-0.39, 0.29) is 5.91 Å². The lowest BCUT2D eigenvalue weighted by molar-refractivity contribution is 0.102. The van der Waals surface area contributed by atoms with Crippen molar-refractivity contribution in [2.75, 3.05) is 5.32 Å². The van der Waals surface area contributed by atoms with Crippen molar-refractivity contribution in [1.29, 1.82) is 0 Å². The average Bonchev–Trinajstić information content (AvgIpc) is 2.89. The van der Waals surface area contributed by atoms with Crippen LogP contribution in [0.15, 0.2) is 41.9 Å². The summed E-state index contributed by atoms with van der Waals surface area (Å²) in [7, 11) is 0. The smallest absolute Gasteiger partial charge is 0.255 e. The number of hydrogen-bond donors (Lipinski definition) is 1. The molecule has 0 saturated heterocycles. The highest BCUT2D eigenvalue weighted by Crippen LogP contribution is 2.22. The van der Waals surface area contributed by atoms with Gasteiger partial charge in [-0.2, -0.15) is 0 Å². The van der Waals surface area contributed by atoms with E-state index in [2.05, 4.69) is 10.3 Å². The Bertz CT molecular complexity index is 792. The minimum atomic E-state index is -0.0740. The summed E-state index contributed by atoms with van der Waals surface area (Å²) in [5.41, 5.74) is 6.34. The number of rotatable bonds is 2. The summed E-state index contributed by atoms with van der Waals surface area (Å²) in [5, 5.41) is 2.95. The van der Waals surface area contributed by atoms with Gasteiger partial charge in [-0.25, -0.2) is 4.98 Å². The van der Waals surface area contributed by atoms with Gasteiger partial charge in [0.15, 0.2) is 0 Å². The summed E-state index contributed by atoms with van der Waals surface area (Å²) >= 11 is 1.57. The molecule has 0 bridgehead atoms. The molecular formula is C16H14N2OS. The van der Waals surface area contributed by atoms with E-state index in [1.807, 2.05) is 50.2 Å². The van der Waals surface area contributed by atoms with Crippen LogP contribution in [0.5, 0.6) is 0 Å². The van der Waals surface area contributed by atoms with Gasteiger partial charge in [0.05, 0.1) is 15.7 Å². The van der Waals surface area contributed by atoms with Gasteiger partial charge in [0.25, 0.3) is 5.91 Å². The van der Waals surface area contributed by atoms with Gasteiger partial charge in [0.1, 0.15) is 0 Å². The van der Waals surface area contributed by atoms with Crippen molar-refractivity contribution in [1.82, 2.24) is 4.98 Å². The minimum absolute atomic E-state index is 0.0740. The molecule has 3 nitrogen and oxygen atoms in total. The number of nitrogens with one attached hydrogen (secondary N) is 1. The molecule has 4 heteroatoms. The van der Waals surface area contributed by atoms with Crippen molar-refractivity contribution in [2.45, 2.75) is 13.8 Å². The van der Waals surface area contributed by atoms with Gasteiger partial charge < -0.3 is 5.32 Å². The fraction of sp³-hybridized carbons (Fsp3) is 0.125. The van der Waals surface area contributed by atoms with Crippen molar-refractivity contribution in [3.8, 4) is 0 Å². The van der Waals surface area contributed by atoms with E-state index >= 15 is 0 Å². The monoisotopic (exact) mass is 282 g/mol. The van der Waals surface area contributed by atoms with E-state index < -0.39 is 0 Å². The molecule has 1 N–H and O–H groups in total. The quantitative estimate of drug-likeness (QED) is 0.766. The van der Waals surface area contributed by atoms with Crippen LogP contribution in [0.2, 0.25) is 0 Å². The van der Waals surface area contributed by atoms with Gasteiger partial charge in [-0.1, -0.05) is 17.7 Å². The van der Waals surface area contributed by atoms with Crippen LogP contribution in [0.3, 0.4) is 0 Å². The molecule has 1 amide bonds. The van der Waals surface area contributed by atoms with Crippen molar-refractivity contribution < 1.29 is 4.79 Å². The zero-order valence-electron chi connectivity index (χ0n) is 11.3. The van der Waals surface area contributed by atoms with Crippen LogP contribution in [0.25, 0.3) is 10.2 Å². The highest BCUT2D eigenvalue weighted by Gasteiger charge is 2.10. The number of thiazole rings is 1. The molecule has 0 aliphatic heterocycles. The molecule has 0 aliphatic rings. The Labute approximate surface area is 121 Å². The standard InChI is InChI=1S/C16H14N2OS/c1-10-3-4-11(2)13(7-10)16(19)18-12-5-6-14-15(8-12)20-9-17-14/h3-9H,1-2H3,(H,18,19). The Morgan fingerprint density at radius 1 is 1.15 bits per heavy atom. The number of carbonyl (C=O) groups excluding carboxylic acids is 1. The van der Waals surface area contributed by atoms with Crippen molar-refractivity contribution in [3.63, 3.8) is 0 Å². The Morgan fingerprint density at radius 2 is 2.00 bits per heavy atom. The van der Waals surface area contributed by atoms with Crippen LogP contribution in [-0.2, 0) is 0 Å². The molecule has 0 fully saturated rings. The molecule has 20 heavy (non-hydrogen) atoms. The van der Waals surface area contributed by atoms with E-state index in [1.165, 1.54) is 0 Å². The van der Waals surface area contributed by atoms with Gasteiger partial charge in [-0.05, 0) is 43.7 Å². The molecule has 2 aromatic carbocycles. The molecule has 100 valence electrons. The number of nitrogens with zero attached hydrogens (tertiary/aromatic N) is 1. The number of aromatic nitrogens is 1. The van der Waals surface area contributed by atoms with Gasteiger partial charge in [0, 0.05) is 11.3 Å². The first kappa shape index (κ1) is 12.8. The molecule has 1 heterocycles. The molecule has 0 unspecified atom stereocenters. The average molecular weight is 282 g/mol. The second kappa shape index (κ2) is 5.06. The fourth-order valence-electron chi connectivity index (χ4n) is 2.11. The van der Waals surface area contributed by atoms with Crippen molar-refractivity contribution in [2.24, 2.45) is 0 Å². The molecule has 3 aromatic rings. The number of fused-ring (bicyclic) bond motifs is 1. The van der Waals surface area contributed by atoms with E-state index in [4.69, 9.17) is 0 Å². The number of hydrogen-bond acceptors (Lipinski definition) is 3. The summed E-state index contributed by atoms with van der Waals surface area (Å²) in [5.74, 6) is -0.0740. The third kappa shape index (κ3) is 2.42. The third-order valence-corrected chi connectivity index (χ3v) is 4.02. The van der Waals surface area contributed by atoms with Crippen molar-refractivity contribution >= 4 is 33.1 Å². The first-order valence-electron chi connectivity index (χ1n) is 6.35. The predicted octanol–water partition coefficient (Wildman–Crippen LogP) is 4.17. The summed E-state index contributed by atoms with van der Waals surface area (Å²) in [6.45, 7) is 3.93. The second-order valence-corrected chi connectivity index (χ2v) is 5.69. The van der Waals surface area contributed by atoms with Crippen LogP contribution in [0.4, 0.5) is 5.69 Å².